The minimum Gasteiger partial charge on any atom is -0.490 e. The molecule has 2 heterocycles. The Kier molecular flexibility index (Phi) is 4.99. The van der Waals surface area contributed by atoms with Gasteiger partial charge in [-0.15, -0.1) is 0 Å². The fourth-order valence-electron chi connectivity index (χ4n) is 3.12. The van der Waals surface area contributed by atoms with Crippen LogP contribution in [0.15, 0.2) is 18.2 Å². The number of nitrogens with one attached hydrogen (secondary N) is 1. The van der Waals surface area contributed by atoms with Gasteiger partial charge in [0.2, 0.25) is 0 Å². The Morgan fingerprint density at radius 2 is 1.95 bits per heavy atom. The lowest BCUT2D eigenvalue weighted by Crippen LogP contribution is -2.38. The van der Waals surface area contributed by atoms with Crippen LogP contribution >= 0.6 is 0 Å². The van der Waals surface area contributed by atoms with E-state index in [4.69, 9.17) is 9.47 Å². The van der Waals surface area contributed by atoms with Crippen molar-refractivity contribution >= 4 is 0 Å². The van der Waals surface area contributed by atoms with Crippen LogP contribution in [0.25, 0.3) is 0 Å². The zero-order valence-electron chi connectivity index (χ0n) is 12.9. The smallest absolute Gasteiger partial charge is 0.165 e. The standard InChI is InChI=1S/C17H26N2O2/c1-14(19-8-2-3-9-19)12-18-13-15-6-4-7-16-17(15)21-11-5-10-20-16/h4,6-7,14,18H,2-3,5,8-13H2,1H3. The maximum absolute atomic E-state index is 5.86. The van der Waals surface area contributed by atoms with Crippen LogP contribution in [0.1, 0.15) is 31.7 Å². The second kappa shape index (κ2) is 7.14. The van der Waals surface area contributed by atoms with Crippen LogP contribution in [0.3, 0.4) is 0 Å². The minimum absolute atomic E-state index is 0.604. The molecule has 1 unspecified atom stereocenters. The molecule has 1 N–H and O–H groups in total. The van der Waals surface area contributed by atoms with Gasteiger partial charge in [-0.25, -0.2) is 0 Å². The van der Waals surface area contributed by atoms with E-state index in [0.29, 0.717) is 6.04 Å². The van der Waals surface area contributed by atoms with Gasteiger partial charge in [-0.05, 0) is 38.9 Å². The number of rotatable bonds is 5. The Morgan fingerprint density at radius 3 is 2.81 bits per heavy atom. The van der Waals surface area contributed by atoms with E-state index in [2.05, 4.69) is 29.3 Å². The van der Waals surface area contributed by atoms with E-state index < -0.39 is 0 Å². The summed E-state index contributed by atoms with van der Waals surface area (Å²) in [4.78, 5) is 2.57. The van der Waals surface area contributed by atoms with Crippen molar-refractivity contribution in [2.24, 2.45) is 0 Å². The molecule has 1 aromatic rings. The highest BCUT2D eigenvalue weighted by molar-refractivity contribution is 5.47. The van der Waals surface area contributed by atoms with E-state index in [1.807, 2.05) is 6.07 Å². The number of benzene rings is 1. The maximum Gasteiger partial charge on any atom is 0.165 e. The molecular weight excluding hydrogens is 264 g/mol. The summed E-state index contributed by atoms with van der Waals surface area (Å²) in [5, 5.41) is 3.57. The first-order valence-corrected chi connectivity index (χ1v) is 8.17. The highest BCUT2D eigenvalue weighted by Gasteiger charge is 2.18. The third-order valence-electron chi connectivity index (χ3n) is 4.37. The van der Waals surface area contributed by atoms with Crippen molar-refractivity contribution in [3.05, 3.63) is 23.8 Å². The molecule has 2 aliphatic rings. The van der Waals surface area contributed by atoms with E-state index in [9.17, 15) is 0 Å². The summed E-state index contributed by atoms with van der Waals surface area (Å²) in [6, 6.07) is 6.78. The summed E-state index contributed by atoms with van der Waals surface area (Å²) in [7, 11) is 0. The summed E-state index contributed by atoms with van der Waals surface area (Å²) in [6.45, 7) is 8.16. The van der Waals surface area contributed by atoms with Crippen LogP contribution in [0.5, 0.6) is 11.5 Å². The Balaban J connectivity index is 1.55. The third-order valence-corrected chi connectivity index (χ3v) is 4.37. The van der Waals surface area contributed by atoms with Crippen molar-refractivity contribution in [3.8, 4) is 11.5 Å². The lowest BCUT2D eigenvalue weighted by atomic mass is 10.1. The van der Waals surface area contributed by atoms with Crippen LogP contribution in [-0.4, -0.2) is 43.8 Å². The normalized spacial score (nSPS) is 20.2. The molecule has 0 aromatic heterocycles. The predicted molar refractivity (Wildman–Crippen MR) is 84.0 cm³/mol. The molecule has 1 atom stereocenters. The van der Waals surface area contributed by atoms with Gasteiger partial charge in [-0.2, -0.15) is 0 Å². The number of hydrogen-bond acceptors (Lipinski definition) is 4. The van der Waals surface area contributed by atoms with Crippen LogP contribution in [-0.2, 0) is 6.54 Å². The van der Waals surface area contributed by atoms with Crippen molar-refractivity contribution in [1.29, 1.82) is 0 Å². The average molecular weight is 290 g/mol. The van der Waals surface area contributed by atoms with Gasteiger partial charge in [0.15, 0.2) is 11.5 Å². The largest absolute Gasteiger partial charge is 0.490 e. The molecule has 2 aliphatic heterocycles. The van der Waals surface area contributed by atoms with Crippen LogP contribution < -0.4 is 14.8 Å². The summed E-state index contributed by atoms with van der Waals surface area (Å²) in [6.07, 6.45) is 3.65. The Labute approximate surface area is 127 Å². The van der Waals surface area contributed by atoms with E-state index in [-0.39, 0.29) is 0 Å². The summed E-state index contributed by atoms with van der Waals surface area (Å²) in [5.41, 5.74) is 1.20. The summed E-state index contributed by atoms with van der Waals surface area (Å²) < 4.78 is 11.6. The minimum atomic E-state index is 0.604. The van der Waals surface area contributed by atoms with Crippen LogP contribution in [0.4, 0.5) is 0 Å². The molecule has 4 heteroatoms. The Morgan fingerprint density at radius 1 is 1.14 bits per heavy atom. The second-order valence-corrected chi connectivity index (χ2v) is 6.02. The van der Waals surface area contributed by atoms with E-state index in [1.54, 1.807) is 0 Å². The SMILES string of the molecule is CC(CNCc1cccc2c1OCCCO2)N1CCCC1. The quantitative estimate of drug-likeness (QED) is 0.903. The van der Waals surface area contributed by atoms with Crippen molar-refractivity contribution in [3.63, 3.8) is 0 Å². The molecule has 0 aliphatic carbocycles. The first-order valence-electron chi connectivity index (χ1n) is 8.17. The van der Waals surface area contributed by atoms with Gasteiger partial charge in [-0.1, -0.05) is 12.1 Å². The predicted octanol–water partition coefficient (Wildman–Crippen LogP) is 2.42. The lowest BCUT2D eigenvalue weighted by molar-refractivity contribution is 0.251. The molecule has 0 amide bonds. The first-order chi connectivity index (χ1) is 10.3. The van der Waals surface area contributed by atoms with Crippen molar-refractivity contribution in [2.75, 3.05) is 32.8 Å². The molecule has 116 valence electrons. The topological polar surface area (TPSA) is 33.7 Å². The fraction of sp³-hybridized carbons (Fsp3) is 0.647. The van der Waals surface area contributed by atoms with Crippen molar-refractivity contribution in [1.82, 2.24) is 10.2 Å². The Hall–Kier alpha value is -1.26. The molecular formula is C17H26N2O2. The number of likely N-dealkylation sites (tertiary alicyclic amines) is 1. The first kappa shape index (κ1) is 14.7. The lowest BCUT2D eigenvalue weighted by Gasteiger charge is -2.24. The highest BCUT2D eigenvalue weighted by Crippen LogP contribution is 2.33. The van der Waals surface area contributed by atoms with Gasteiger partial charge in [0.05, 0.1) is 13.2 Å². The molecule has 0 bridgehead atoms. The molecule has 1 saturated heterocycles. The van der Waals surface area contributed by atoms with Gasteiger partial charge in [0.25, 0.3) is 0 Å². The van der Waals surface area contributed by atoms with Crippen LogP contribution in [0, 0.1) is 0 Å². The molecule has 21 heavy (non-hydrogen) atoms. The second-order valence-electron chi connectivity index (χ2n) is 6.02. The van der Waals surface area contributed by atoms with E-state index >= 15 is 0 Å². The molecule has 0 spiro atoms. The molecule has 0 saturated carbocycles. The number of para-hydroxylation sites is 1. The van der Waals surface area contributed by atoms with E-state index in [1.165, 1.54) is 31.5 Å². The zero-order chi connectivity index (χ0) is 14.5. The number of fused-ring (bicyclic) bond motifs is 1. The molecule has 0 radical (unpaired) electrons. The molecule has 4 nitrogen and oxygen atoms in total. The highest BCUT2D eigenvalue weighted by atomic mass is 16.5. The van der Waals surface area contributed by atoms with Crippen molar-refractivity contribution < 1.29 is 9.47 Å². The van der Waals surface area contributed by atoms with E-state index in [0.717, 1.165) is 44.2 Å². The molecule has 3 rings (SSSR count). The van der Waals surface area contributed by atoms with Crippen LogP contribution in [0.2, 0.25) is 0 Å². The van der Waals surface area contributed by atoms with Gasteiger partial charge in [0.1, 0.15) is 0 Å². The number of ether oxygens (including phenoxy) is 2. The van der Waals surface area contributed by atoms with Gasteiger partial charge >= 0.3 is 0 Å². The number of hydrogen-bond donors (Lipinski definition) is 1. The Bertz CT molecular complexity index is 458. The average Bonchev–Trinajstić information content (AvgIpc) is 2.93. The third kappa shape index (κ3) is 3.69. The van der Waals surface area contributed by atoms with Gasteiger partial charge in [-0.3, -0.25) is 4.90 Å². The number of nitrogens with zero attached hydrogens (tertiary/aromatic N) is 1. The summed E-state index contributed by atoms with van der Waals surface area (Å²) in [5.74, 6) is 1.82. The summed E-state index contributed by atoms with van der Waals surface area (Å²) >= 11 is 0. The fourth-order valence-corrected chi connectivity index (χ4v) is 3.12. The van der Waals surface area contributed by atoms with Crippen molar-refractivity contribution in [2.45, 2.75) is 38.8 Å². The monoisotopic (exact) mass is 290 g/mol. The van der Waals surface area contributed by atoms with Gasteiger partial charge < -0.3 is 14.8 Å². The van der Waals surface area contributed by atoms with Gasteiger partial charge in [0, 0.05) is 31.1 Å². The zero-order valence-corrected chi connectivity index (χ0v) is 12.9. The molecule has 1 aromatic carbocycles. The molecule has 1 fully saturated rings. The maximum atomic E-state index is 5.86.